The van der Waals surface area contributed by atoms with Crippen LogP contribution in [0.2, 0.25) is 0 Å². The average molecular weight is 255 g/mol. The molecule has 5 nitrogen and oxygen atoms in total. The molecule has 1 fully saturated rings. The predicted octanol–water partition coefficient (Wildman–Crippen LogP) is 1.66. The van der Waals surface area contributed by atoms with E-state index in [9.17, 15) is 0 Å². The molecule has 1 aliphatic heterocycles. The minimum atomic E-state index is 0.345. The van der Waals surface area contributed by atoms with E-state index < -0.39 is 0 Å². The minimum Gasteiger partial charge on any atom is -0.340 e. The zero-order valence-electron chi connectivity index (χ0n) is 10.8. The van der Waals surface area contributed by atoms with Gasteiger partial charge in [0.2, 0.25) is 5.95 Å². The molecule has 2 heterocycles. The number of anilines is 1. The normalized spacial score (nSPS) is 18.7. The predicted molar refractivity (Wildman–Crippen MR) is 72.1 cm³/mol. The van der Waals surface area contributed by atoms with E-state index in [1.165, 1.54) is 6.42 Å². The highest BCUT2D eigenvalue weighted by Crippen LogP contribution is 2.18. The van der Waals surface area contributed by atoms with Gasteiger partial charge in [0.15, 0.2) is 4.77 Å². The zero-order valence-corrected chi connectivity index (χ0v) is 11.6. The molecule has 0 spiro atoms. The highest BCUT2D eigenvalue weighted by molar-refractivity contribution is 7.71. The van der Waals surface area contributed by atoms with Crippen molar-refractivity contribution in [2.75, 3.05) is 38.1 Å². The van der Waals surface area contributed by atoms with Gasteiger partial charge in [0.25, 0.3) is 0 Å². The smallest absolute Gasteiger partial charge is 0.226 e. The van der Waals surface area contributed by atoms with Crippen molar-refractivity contribution in [3.63, 3.8) is 0 Å². The number of aromatic nitrogens is 3. The lowest BCUT2D eigenvalue weighted by atomic mass is 10.4. The van der Waals surface area contributed by atoms with Gasteiger partial charge in [-0.1, -0.05) is 0 Å². The summed E-state index contributed by atoms with van der Waals surface area (Å²) in [6.45, 7) is 8.58. The van der Waals surface area contributed by atoms with Crippen molar-refractivity contribution >= 4 is 18.2 Å². The Morgan fingerprint density at radius 3 is 2.71 bits per heavy atom. The second-order valence-electron chi connectivity index (χ2n) is 4.94. The molecule has 0 radical (unpaired) electrons. The van der Waals surface area contributed by atoms with Crippen molar-refractivity contribution in [2.24, 2.45) is 0 Å². The Bertz CT molecular complexity index is 422. The number of hydrogen-bond donors (Lipinski definition) is 1. The van der Waals surface area contributed by atoms with Gasteiger partial charge in [-0.15, -0.1) is 5.10 Å². The zero-order chi connectivity index (χ0) is 12.4. The van der Waals surface area contributed by atoms with Crippen molar-refractivity contribution in [1.82, 2.24) is 19.7 Å². The molecule has 1 aromatic rings. The lowest BCUT2D eigenvalue weighted by Crippen LogP contribution is -2.31. The molecule has 6 heteroatoms. The van der Waals surface area contributed by atoms with Gasteiger partial charge >= 0.3 is 0 Å². The topological polar surface area (TPSA) is 40.1 Å². The molecule has 0 saturated carbocycles. The lowest BCUT2D eigenvalue weighted by Gasteiger charge is -2.23. The Labute approximate surface area is 107 Å². The van der Waals surface area contributed by atoms with E-state index in [-0.39, 0.29) is 0 Å². The van der Waals surface area contributed by atoms with Crippen LogP contribution in [0.4, 0.5) is 5.95 Å². The number of hydrogen-bond acceptors (Lipinski definition) is 4. The number of aromatic amines is 1. The van der Waals surface area contributed by atoms with Crippen LogP contribution in [0.25, 0.3) is 0 Å². The van der Waals surface area contributed by atoms with E-state index in [0.717, 1.165) is 32.1 Å². The van der Waals surface area contributed by atoms with E-state index in [0.29, 0.717) is 10.8 Å². The number of nitrogens with zero attached hydrogens (tertiary/aromatic N) is 4. The fourth-order valence-electron chi connectivity index (χ4n) is 2.23. The maximum Gasteiger partial charge on any atom is 0.226 e. The van der Waals surface area contributed by atoms with Gasteiger partial charge in [0, 0.05) is 25.7 Å². The van der Waals surface area contributed by atoms with Crippen LogP contribution in [0.15, 0.2) is 0 Å². The molecule has 96 valence electrons. The Hall–Kier alpha value is -0.880. The van der Waals surface area contributed by atoms with Crippen LogP contribution < -0.4 is 4.90 Å². The van der Waals surface area contributed by atoms with E-state index in [1.807, 2.05) is 0 Å². The molecule has 1 saturated heterocycles. The molecule has 0 atom stereocenters. The van der Waals surface area contributed by atoms with Crippen LogP contribution in [-0.2, 0) is 0 Å². The first-order chi connectivity index (χ1) is 8.09. The average Bonchev–Trinajstić information content (AvgIpc) is 2.51. The fraction of sp³-hybridized carbons (Fsp3) is 0.818. The second-order valence-corrected chi connectivity index (χ2v) is 5.32. The van der Waals surface area contributed by atoms with Crippen LogP contribution in [0.5, 0.6) is 0 Å². The van der Waals surface area contributed by atoms with Crippen molar-refractivity contribution in [2.45, 2.75) is 26.3 Å². The van der Waals surface area contributed by atoms with Gasteiger partial charge in [-0.05, 0) is 46.1 Å². The van der Waals surface area contributed by atoms with E-state index in [1.54, 1.807) is 0 Å². The van der Waals surface area contributed by atoms with Gasteiger partial charge in [-0.3, -0.25) is 4.57 Å². The summed E-state index contributed by atoms with van der Waals surface area (Å²) in [6, 6.07) is 0.345. The summed E-state index contributed by atoms with van der Waals surface area (Å²) >= 11 is 5.28. The maximum absolute atomic E-state index is 5.28. The number of likely N-dealkylation sites (N-methyl/N-ethyl adjacent to an activating group) is 1. The molecule has 2 rings (SSSR count). The SMILES string of the molecule is CC(C)n1c(N2CCCN(C)CC2)n[nH]c1=S. The molecule has 1 N–H and O–H groups in total. The Morgan fingerprint density at radius 2 is 2.00 bits per heavy atom. The largest absolute Gasteiger partial charge is 0.340 e. The maximum atomic E-state index is 5.28. The highest BCUT2D eigenvalue weighted by atomic mass is 32.1. The number of nitrogens with one attached hydrogen (secondary N) is 1. The molecule has 1 aromatic heterocycles. The monoisotopic (exact) mass is 255 g/mol. The van der Waals surface area contributed by atoms with Crippen LogP contribution in [0.1, 0.15) is 26.3 Å². The summed E-state index contributed by atoms with van der Waals surface area (Å²) < 4.78 is 2.81. The van der Waals surface area contributed by atoms with Gasteiger partial charge < -0.3 is 9.80 Å². The van der Waals surface area contributed by atoms with E-state index >= 15 is 0 Å². The lowest BCUT2D eigenvalue weighted by molar-refractivity contribution is 0.359. The molecule has 1 aliphatic rings. The third kappa shape index (κ3) is 2.69. The standard InChI is InChI=1S/C11H21N5S/c1-9(2)16-10(12-13-11(16)17)15-6-4-5-14(3)7-8-15/h9H,4-8H2,1-3H3,(H,13,17). The summed E-state index contributed by atoms with van der Waals surface area (Å²) in [7, 11) is 2.17. The second kappa shape index (κ2) is 5.18. The first-order valence-electron chi connectivity index (χ1n) is 6.20. The highest BCUT2D eigenvalue weighted by Gasteiger charge is 2.19. The summed E-state index contributed by atoms with van der Waals surface area (Å²) in [6.07, 6.45) is 1.17. The van der Waals surface area contributed by atoms with Crippen molar-refractivity contribution in [1.29, 1.82) is 0 Å². The first kappa shape index (κ1) is 12.6. The first-order valence-corrected chi connectivity index (χ1v) is 6.61. The van der Waals surface area contributed by atoms with Gasteiger partial charge in [-0.25, -0.2) is 5.10 Å². The van der Waals surface area contributed by atoms with Crippen molar-refractivity contribution < 1.29 is 0 Å². The van der Waals surface area contributed by atoms with E-state index in [4.69, 9.17) is 12.2 Å². The Kier molecular flexibility index (Phi) is 3.83. The summed E-state index contributed by atoms with van der Waals surface area (Å²) in [4.78, 5) is 4.69. The van der Waals surface area contributed by atoms with Gasteiger partial charge in [0.1, 0.15) is 0 Å². The van der Waals surface area contributed by atoms with Crippen LogP contribution in [0, 0.1) is 4.77 Å². The number of H-pyrrole nitrogens is 1. The quantitative estimate of drug-likeness (QED) is 0.816. The number of rotatable bonds is 2. The molecule has 0 aromatic carbocycles. The molecule has 0 unspecified atom stereocenters. The van der Waals surface area contributed by atoms with Gasteiger partial charge in [-0.2, -0.15) is 0 Å². The molecule has 0 aliphatic carbocycles. The minimum absolute atomic E-state index is 0.345. The molecule has 17 heavy (non-hydrogen) atoms. The molecular formula is C11H21N5S. The molecular weight excluding hydrogens is 234 g/mol. The van der Waals surface area contributed by atoms with Crippen LogP contribution in [0.3, 0.4) is 0 Å². The third-order valence-corrected chi connectivity index (χ3v) is 3.49. The summed E-state index contributed by atoms with van der Waals surface area (Å²) in [5.41, 5.74) is 0. The molecule has 0 bridgehead atoms. The van der Waals surface area contributed by atoms with Crippen molar-refractivity contribution in [3.8, 4) is 0 Å². The van der Waals surface area contributed by atoms with Gasteiger partial charge in [0.05, 0.1) is 0 Å². The summed E-state index contributed by atoms with van der Waals surface area (Å²) in [5.74, 6) is 0.986. The van der Waals surface area contributed by atoms with Crippen molar-refractivity contribution in [3.05, 3.63) is 4.77 Å². The molecule has 0 amide bonds. The van der Waals surface area contributed by atoms with Crippen LogP contribution >= 0.6 is 12.2 Å². The third-order valence-electron chi connectivity index (χ3n) is 3.20. The summed E-state index contributed by atoms with van der Waals surface area (Å²) in [5, 5.41) is 7.29. The fourth-order valence-corrected chi connectivity index (χ4v) is 2.57. The van der Waals surface area contributed by atoms with E-state index in [2.05, 4.69) is 45.5 Å². The van der Waals surface area contributed by atoms with Crippen LogP contribution in [-0.4, -0.2) is 52.9 Å². The Balaban J connectivity index is 2.24. The Morgan fingerprint density at radius 1 is 1.24 bits per heavy atom.